The van der Waals surface area contributed by atoms with E-state index in [0.717, 1.165) is 22.0 Å². The molecule has 0 atom stereocenters. The van der Waals surface area contributed by atoms with E-state index in [1.165, 1.54) is 0 Å². The van der Waals surface area contributed by atoms with Crippen LogP contribution in [0.25, 0.3) is 22.0 Å². The van der Waals surface area contributed by atoms with Gasteiger partial charge in [0, 0.05) is 18.0 Å². The number of carboxylic acids is 1. The van der Waals surface area contributed by atoms with E-state index in [2.05, 4.69) is 0 Å². The second-order valence-corrected chi connectivity index (χ2v) is 5.24. The van der Waals surface area contributed by atoms with Crippen molar-refractivity contribution in [2.45, 2.75) is 0 Å². The highest BCUT2D eigenvalue weighted by Crippen LogP contribution is 2.33. The van der Waals surface area contributed by atoms with Crippen LogP contribution in [0.4, 0.5) is 0 Å². The number of benzene rings is 2. The number of rotatable bonds is 4. The Hall–Kier alpha value is -2.95. The highest BCUT2D eigenvalue weighted by atomic mass is 16.5. The Morgan fingerprint density at radius 3 is 2.26 bits per heavy atom. The monoisotopic (exact) mass is 311 g/mol. The summed E-state index contributed by atoms with van der Waals surface area (Å²) in [6.45, 7) is 0. The number of hydrogen-bond acceptors (Lipinski definition) is 3. The molecular formula is C18H17NO4. The van der Waals surface area contributed by atoms with Gasteiger partial charge in [-0.15, -0.1) is 0 Å². The first-order chi connectivity index (χ1) is 11.0. The van der Waals surface area contributed by atoms with Crippen LogP contribution in [0.5, 0.6) is 11.5 Å². The second-order valence-electron chi connectivity index (χ2n) is 5.24. The SMILES string of the molecule is COc1ccc(-c2ccc3cc(C(=O)O)n(C)c3c2)cc1OC. The molecule has 0 radical (unpaired) electrons. The first-order valence-corrected chi connectivity index (χ1v) is 7.10. The third kappa shape index (κ3) is 2.50. The lowest BCUT2D eigenvalue weighted by Gasteiger charge is -2.10. The molecule has 0 unspecified atom stereocenters. The summed E-state index contributed by atoms with van der Waals surface area (Å²) in [6, 6.07) is 13.2. The summed E-state index contributed by atoms with van der Waals surface area (Å²) < 4.78 is 12.3. The molecule has 3 aromatic rings. The van der Waals surface area contributed by atoms with Gasteiger partial charge in [0.05, 0.1) is 14.2 Å². The number of hydrogen-bond donors (Lipinski definition) is 1. The minimum Gasteiger partial charge on any atom is -0.493 e. The molecule has 1 aromatic heterocycles. The van der Waals surface area contributed by atoms with Crippen LogP contribution >= 0.6 is 0 Å². The fourth-order valence-corrected chi connectivity index (χ4v) is 2.73. The minimum atomic E-state index is -0.934. The van der Waals surface area contributed by atoms with Crippen molar-refractivity contribution in [2.24, 2.45) is 7.05 Å². The predicted octanol–water partition coefficient (Wildman–Crippen LogP) is 3.56. The van der Waals surface area contributed by atoms with Crippen molar-refractivity contribution in [3.05, 3.63) is 48.2 Å². The smallest absolute Gasteiger partial charge is 0.352 e. The van der Waals surface area contributed by atoms with Gasteiger partial charge in [-0.05, 0) is 35.4 Å². The summed E-state index contributed by atoms with van der Waals surface area (Å²) in [7, 11) is 4.95. The van der Waals surface area contributed by atoms with E-state index < -0.39 is 5.97 Å². The van der Waals surface area contributed by atoms with Crippen molar-refractivity contribution in [3.8, 4) is 22.6 Å². The van der Waals surface area contributed by atoms with Crippen LogP contribution in [0.1, 0.15) is 10.5 Å². The summed E-state index contributed by atoms with van der Waals surface area (Å²) in [5.74, 6) is 0.393. The van der Waals surface area contributed by atoms with Crippen LogP contribution < -0.4 is 9.47 Å². The van der Waals surface area contributed by atoms with Crippen molar-refractivity contribution in [1.82, 2.24) is 4.57 Å². The van der Waals surface area contributed by atoms with E-state index in [-0.39, 0.29) is 5.69 Å². The van der Waals surface area contributed by atoms with Crippen molar-refractivity contribution < 1.29 is 19.4 Å². The number of aryl methyl sites for hydroxylation is 1. The molecular weight excluding hydrogens is 294 g/mol. The maximum atomic E-state index is 11.2. The molecule has 0 aliphatic carbocycles. The summed E-state index contributed by atoms with van der Waals surface area (Å²) >= 11 is 0. The molecule has 5 nitrogen and oxygen atoms in total. The largest absolute Gasteiger partial charge is 0.493 e. The number of aromatic carboxylic acids is 1. The quantitative estimate of drug-likeness (QED) is 0.800. The van der Waals surface area contributed by atoms with Gasteiger partial charge < -0.3 is 19.1 Å². The van der Waals surface area contributed by atoms with Gasteiger partial charge in [-0.3, -0.25) is 0 Å². The molecule has 0 amide bonds. The fourth-order valence-electron chi connectivity index (χ4n) is 2.73. The summed E-state index contributed by atoms with van der Waals surface area (Å²) in [4.78, 5) is 11.2. The summed E-state index contributed by atoms with van der Waals surface area (Å²) in [5, 5.41) is 10.1. The Balaban J connectivity index is 2.13. The average molecular weight is 311 g/mol. The van der Waals surface area contributed by atoms with Crippen LogP contribution in [0, 0.1) is 0 Å². The van der Waals surface area contributed by atoms with E-state index in [0.29, 0.717) is 11.5 Å². The topological polar surface area (TPSA) is 60.7 Å². The minimum absolute atomic E-state index is 0.268. The van der Waals surface area contributed by atoms with Crippen LogP contribution in [-0.2, 0) is 7.05 Å². The zero-order chi connectivity index (χ0) is 16.6. The Bertz CT molecular complexity index is 895. The standard InChI is InChI=1S/C18H17NO4/c1-19-14-8-11(4-5-13(14)9-15(19)18(20)21)12-6-7-16(22-2)17(10-12)23-3/h4-10H,1-3H3,(H,20,21). The molecule has 118 valence electrons. The number of ether oxygens (including phenoxy) is 2. The number of methoxy groups -OCH3 is 2. The average Bonchev–Trinajstić information content (AvgIpc) is 2.91. The molecule has 2 aromatic carbocycles. The molecule has 0 saturated carbocycles. The van der Waals surface area contributed by atoms with Gasteiger partial charge in [0.2, 0.25) is 0 Å². The molecule has 5 heteroatoms. The van der Waals surface area contributed by atoms with Crippen LogP contribution in [0.3, 0.4) is 0 Å². The predicted molar refractivity (Wildman–Crippen MR) is 88.4 cm³/mol. The van der Waals surface area contributed by atoms with Gasteiger partial charge in [-0.25, -0.2) is 4.79 Å². The molecule has 1 N–H and O–H groups in total. The highest BCUT2D eigenvalue weighted by molar-refractivity contribution is 5.96. The van der Waals surface area contributed by atoms with E-state index in [1.54, 1.807) is 31.9 Å². The molecule has 3 rings (SSSR count). The molecule has 0 aliphatic rings. The van der Waals surface area contributed by atoms with Gasteiger partial charge in [0.15, 0.2) is 11.5 Å². The number of carbonyl (C=O) groups is 1. The number of carboxylic acid groups (broad SMARTS) is 1. The number of nitrogens with zero attached hydrogens (tertiary/aromatic N) is 1. The van der Waals surface area contributed by atoms with E-state index in [1.807, 2.05) is 36.4 Å². The highest BCUT2D eigenvalue weighted by Gasteiger charge is 2.13. The Kier molecular flexibility index (Phi) is 3.70. The Morgan fingerprint density at radius 2 is 1.61 bits per heavy atom. The van der Waals surface area contributed by atoms with Gasteiger partial charge in [0.1, 0.15) is 5.69 Å². The summed E-state index contributed by atoms with van der Waals surface area (Å²) in [5.41, 5.74) is 3.10. The first-order valence-electron chi connectivity index (χ1n) is 7.10. The normalized spacial score (nSPS) is 10.7. The molecule has 0 fully saturated rings. The molecule has 0 spiro atoms. The lowest BCUT2D eigenvalue weighted by Crippen LogP contribution is -2.03. The van der Waals surface area contributed by atoms with E-state index >= 15 is 0 Å². The van der Waals surface area contributed by atoms with E-state index in [9.17, 15) is 9.90 Å². The third-order valence-electron chi connectivity index (χ3n) is 3.98. The van der Waals surface area contributed by atoms with Crippen molar-refractivity contribution >= 4 is 16.9 Å². The molecule has 0 aliphatic heterocycles. The number of aromatic nitrogens is 1. The van der Waals surface area contributed by atoms with E-state index in [4.69, 9.17) is 9.47 Å². The van der Waals surface area contributed by atoms with Crippen LogP contribution in [-0.4, -0.2) is 29.9 Å². The van der Waals surface area contributed by atoms with Crippen molar-refractivity contribution in [3.63, 3.8) is 0 Å². The molecule has 0 bridgehead atoms. The van der Waals surface area contributed by atoms with Crippen LogP contribution in [0.15, 0.2) is 42.5 Å². The van der Waals surface area contributed by atoms with Gasteiger partial charge >= 0.3 is 5.97 Å². The summed E-state index contributed by atoms with van der Waals surface area (Å²) in [6.07, 6.45) is 0. The maximum Gasteiger partial charge on any atom is 0.352 e. The zero-order valence-electron chi connectivity index (χ0n) is 13.2. The Morgan fingerprint density at radius 1 is 0.957 bits per heavy atom. The number of fused-ring (bicyclic) bond motifs is 1. The van der Waals surface area contributed by atoms with Crippen LogP contribution in [0.2, 0.25) is 0 Å². The van der Waals surface area contributed by atoms with Crippen molar-refractivity contribution in [2.75, 3.05) is 14.2 Å². The molecule has 1 heterocycles. The van der Waals surface area contributed by atoms with Gasteiger partial charge in [-0.1, -0.05) is 18.2 Å². The first kappa shape index (κ1) is 15.0. The second kappa shape index (κ2) is 5.68. The maximum absolute atomic E-state index is 11.2. The zero-order valence-corrected chi connectivity index (χ0v) is 13.2. The lowest BCUT2D eigenvalue weighted by molar-refractivity contribution is 0.0687. The van der Waals surface area contributed by atoms with Gasteiger partial charge in [-0.2, -0.15) is 0 Å². The fraction of sp³-hybridized carbons (Fsp3) is 0.167. The van der Waals surface area contributed by atoms with Gasteiger partial charge in [0.25, 0.3) is 0 Å². The van der Waals surface area contributed by atoms with Crippen molar-refractivity contribution in [1.29, 1.82) is 0 Å². The molecule has 0 saturated heterocycles. The lowest BCUT2D eigenvalue weighted by atomic mass is 10.0. The Labute approximate surface area is 133 Å². The molecule has 23 heavy (non-hydrogen) atoms. The third-order valence-corrected chi connectivity index (χ3v) is 3.98.